The van der Waals surface area contributed by atoms with Crippen molar-refractivity contribution < 1.29 is 9.53 Å². The molecule has 0 unspecified atom stereocenters. The molecule has 3 heterocycles. The highest BCUT2D eigenvalue weighted by Gasteiger charge is 2.17. The SMILES string of the molecule is COc1ncc(-c2cccnc2)c2sc(C(N)=O)nc12. The second-order valence-electron chi connectivity index (χ2n) is 3.98. The average molecular weight is 286 g/mol. The first-order chi connectivity index (χ1) is 9.70. The lowest BCUT2D eigenvalue weighted by molar-refractivity contribution is 0.1000. The van der Waals surface area contributed by atoms with Crippen molar-refractivity contribution in [3.8, 4) is 17.0 Å². The summed E-state index contributed by atoms with van der Waals surface area (Å²) in [5, 5.41) is 0.233. The van der Waals surface area contributed by atoms with E-state index < -0.39 is 5.91 Å². The number of methoxy groups -OCH3 is 1. The number of nitrogens with zero attached hydrogens (tertiary/aromatic N) is 3. The van der Waals surface area contributed by atoms with Crippen molar-refractivity contribution in [3.63, 3.8) is 0 Å². The molecule has 3 rings (SSSR count). The Labute approximate surface area is 118 Å². The molecule has 3 aromatic rings. The molecule has 6 nitrogen and oxygen atoms in total. The normalized spacial score (nSPS) is 10.7. The van der Waals surface area contributed by atoms with Gasteiger partial charge in [0.25, 0.3) is 5.91 Å². The number of primary amides is 1. The Bertz CT molecular complexity index is 786. The molecule has 1 amide bonds. The van der Waals surface area contributed by atoms with Crippen LogP contribution in [0.4, 0.5) is 0 Å². The molecule has 0 aliphatic rings. The second kappa shape index (κ2) is 4.86. The number of carbonyl (C=O) groups excluding carboxylic acids is 1. The van der Waals surface area contributed by atoms with Crippen LogP contribution < -0.4 is 10.5 Å². The van der Waals surface area contributed by atoms with E-state index in [2.05, 4.69) is 15.0 Å². The predicted molar refractivity (Wildman–Crippen MR) is 75.7 cm³/mol. The molecule has 3 aromatic heterocycles. The molecule has 20 heavy (non-hydrogen) atoms. The maximum absolute atomic E-state index is 11.3. The molecule has 0 spiro atoms. The monoisotopic (exact) mass is 286 g/mol. The van der Waals surface area contributed by atoms with E-state index in [9.17, 15) is 4.79 Å². The van der Waals surface area contributed by atoms with Gasteiger partial charge in [0.2, 0.25) is 5.88 Å². The third kappa shape index (κ3) is 1.97. The minimum Gasteiger partial charge on any atom is -0.479 e. The number of ether oxygens (including phenoxy) is 1. The van der Waals surface area contributed by atoms with Crippen LogP contribution in [0.1, 0.15) is 9.80 Å². The Morgan fingerprint density at radius 1 is 1.40 bits per heavy atom. The van der Waals surface area contributed by atoms with Crippen molar-refractivity contribution in [2.24, 2.45) is 5.73 Å². The number of thiazole rings is 1. The number of aromatic nitrogens is 3. The van der Waals surface area contributed by atoms with Gasteiger partial charge in [0.1, 0.15) is 5.52 Å². The molecule has 0 aliphatic heterocycles. The summed E-state index contributed by atoms with van der Waals surface area (Å²) in [7, 11) is 1.51. The number of amides is 1. The zero-order valence-electron chi connectivity index (χ0n) is 10.5. The molecule has 0 saturated carbocycles. The summed E-state index contributed by atoms with van der Waals surface area (Å²) in [4.78, 5) is 23.8. The Morgan fingerprint density at radius 2 is 2.25 bits per heavy atom. The molecule has 7 heteroatoms. The average Bonchev–Trinajstić information content (AvgIpc) is 2.92. The summed E-state index contributed by atoms with van der Waals surface area (Å²) in [6, 6.07) is 3.75. The maximum Gasteiger partial charge on any atom is 0.277 e. The van der Waals surface area contributed by atoms with Gasteiger partial charge in [-0.05, 0) is 6.07 Å². The van der Waals surface area contributed by atoms with Gasteiger partial charge in [0.05, 0.1) is 11.8 Å². The fourth-order valence-corrected chi connectivity index (χ4v) is 2.81. The lowest BCUT2D eigenvalue weighted by Gasteiger charge is -2.04. The van der Waals surface area contributed by atoms with Gasteiger partial charge >= 0.3 is 0 Å². The Hall–Kier alpha value is -2.54. The van der Waals surface area contributed by atoms with Crippen LogP contribution in [0.3, 0.4) is 0 Å². The highest BCUT2D eigenvalue weighted by molar-refractivity contribution is 7.20. The van der Waals surface area contributed by atoms with E-state index in [0.29, 0.717) is 11.4 Å². The zero-order valence-corrected chi connectivity index (χ0v) is 11.3. The lowest BCUT2D eigenvalue weighted by Crippen LogP contribution is -2.09. The van der Waals surface area contributed by atoms with E-state index >= 15 is 0 Å². The Kier molecular flexibility index (Phi) is 3.03. The van der Waals surface area contributed by atoms with Crippen LogP contribution in [0.25, 0.3) is 21.3 Å². The topological polar surface area (TPSA) is 91.0 Å². The van der Waals surface area contributed by atoms with Crippen LogP contribution in [0, 0.1) is 0 Å². The van der Waals surface area contributed by atoms with Crippen molar-refractivity contribution in [3.05, 3.63) is 35.7 Å². The van der Waals surface area contributed by atoms with Gasteiger partial charge in [-0.3, -0.25) is 9.78 Å². The largest absolute Gasteiger partial charge is 0.479 e. The van der Waals surface area contributed by atoms with Crippen LogP contribution in [0.2, 0.25) is 0 Å². The van der Waals surface area contributed by atoms with Crippen LogP contribution in [0.15, 0.2) is 30.7 Å². The van der Waals surface area contributed by atoms with Crippen LogP contribution in [0.5, 0.6) is 5.88 Å². The number of carbonyl (C=O) groups is 1. The number of pyridine rings is 2. The molecular formula is C13H10N4O2S. The van der Waals surface area contributed by atoms with Gasteiger partial charge in [0.15, 0.2) is 5.01 Å². The summed E-state index contributed by atoms with van der Waals surface area (Å²) >= 11 is 1.22. The van der Waals surface area contributed by atoms with Crippen molar-refractivity contribution in [1.29, 1.82) is 0 Å². The van der Waals surface area contributed by atoms with E-state index in [1.807, 2.05) is 12.1 Å². The zero-order chi connectivity index (χ0) is 14.1. The van der Waals surface area contributed by atoms with Crippen molar-refractivity contribution in [1.82, 2.24) is 15.0 Å². The second-order valence-corrected chi connectivity index (χ2v) is 4.98. The first-order valence-corrected chi connectivity index (χ1v) is 6.56. The number of hydrogen-bond donors (Lipinski definition) is 1. The summed E-state index contributed by atoms with van der Waals surface area (Å²) < 4.78 is 5.98. The summed E-state index contributed by atoms with van der Waals surface area (Å²) in [5.74, 6) is -0.193. The third-order valence-corrected chi connectivity index (χ3v) is 3.87. The van der Waals surface area contributed by atoms with Crippen molar-refractivity contribution >= 4 is 27.5 Å². The van der Waals surface area contributed by atoms with Crippen LogP contribution >= 0.6 is 11.3 Å². The third-order valence-electron chi connectivity index (χ3n) is 2.76. The highest BCUT2D eigenvalue weighted by Crippen LogP contribution is 2.35. The molecule has 2 N–H and O–H groups in total. The quantitative estimate of drug-likeness (QED) is 0.793. The van der Waals surface area contributed by atoms with Gasteiger partial charge in [-0.2, -0.15) is 0 Å². The van der Waals surface area contributed by atoms with Crippen molar-refractivity contribution in [2.75, 3.05) is 7.11 Å². The number of hydrogen-bond acceptors (Lipinski definition) is 6. The Morgan fingerprint density at radius 3 is 2.90 bits per heavy atom. The molecule has 0 aliphatic carbocycles. The standard InChI is InChI=1S/C13H10N4O2S/c1-19-12-9-10(20-13(17-9)11(14)18)8(6-16-12)7-3-2-4-15-5-7/h2-6H,1H3,(H2,14,18). The molecule has 0 aromatic carbocycles. The minimum atomic E-state index is -0.564. The first kappa shape index (κ1) is 12.5. The molecule has 100 valence electrons. The predicted octanol–water partition coefficient (Wildman–Crippen LogP) is 1.86. The van der Waals surface area contributed by atoms with Crippen molar-refractivity contribution in [2.45, 2.75) is 0 Å². The van der Waals surface area contributed by atoms with E-state index in [1.54, 1.807) is 18.6 Å². The molecule has 0 radical (unpaired) electrons. The molecule has 0 atom stereocenters. The molecule has 0 bridgehead atoms. The highest BCUT2D eigenvalue weighted by atomic mass is 32.1. The Balaban J connectivity index is 2.31. The number of fused-ring (bicyclic) bond motifs is 1. The number of rotatable bonds is 3. The lowest BCUT2D eigenvalue weighted by atomic mass is 10.1. The van der Waals surface area contributed by atoms with E-state index in [0.717, 1.165) is 15.8 Å². The number of nitrogens with two attached hydrogens (primary N) is 1. The van der Waals surface area contributed by atoms with E-state index in [-0.39, 0.29) is 5.01 Å². The van der Waals surface area contributed by atoms with Gasteiger partial charge in [0, 0.05) is 29.7 Å². The van der Waals surface area contributed by atoms with E-state index in [1.165, 1.54) is 18.4 Å². The van der Waals surface area contributed by atoms with Gasteiger partial charge < -0.3 is 10.5 Å². The summed E-state index contributed by atoms with van der Waals surface area (Å²) in [6.45, 7) is 0. The fourth-order valence-electron chi connectivity index (χ4n) is 1.87. The fraction of sp³-hybridized carbons (Fsp3) is 0.0769. The van der Waals surface area contributed by atoms with Gasteiger partial charge in [-0.25, -0.2) is 9.97 Å². The smallest absolute Gasteiger partial charge is 0.277 e. The minimum absolute atomic E-state index is 0.233. The first-order valence-electron chi connectivity index (χ1n) is 5.74. The van der Waals surface area contributed by atoms with Crippen LogP contribution in [-0.2, 0) is 0 Å². The molecule has 0 saturated heterocycles. The maximum atomic E-state index is 11.3. The molecule has 0 fully saturated rings. The molecular weight excluding hydrogens is 276 g/mol. The van der Waals surface area contributed by atoms with Gasteiger partial charge in [-0.15, -0.1) is 11.3 Å². The van der Waals surface area contributed by atoms with Crippen LogP contribution in [-0.4, -0.2) is 28.0 Å². The van der Waals surface area contributed by atoms with Gasteiger partial charge in [-0.1, -0.05) is 6.07 Å². The summed E-state index contributed by atoms with van der Waals surface area (Å²) in [6.07, 6.45) is 5.10. The summed E-state index contributed by atoms with van der Waals surface area (Å²) in [5.41, 5.74) is 7.57. The van der Waals surface area contributed by atoms with E-state index in [4.69, 9.17) is 10.5 Å².